The van der Waals surface area contributed by atoms with Crippen LogP contribution in [0.3, 0.4) is 0 Å². The Morgan fingerprint density at radius 1 is 1.04 bits per heavy atom. The van der Waals surface area contributed by atoms with E-state index in [-0.39, 0.29) is 11.7 Å². The summed E-state index contributed by atoms with van der Waals surface area (Å²) in [5.41, 5.74) is 3.62. The van der Waals surface area contributed by atoms with Gasteiger partial charge in [0.15, 0.2) is 0 Å². The molecule has 3 unspecified atom stereocenters. The third-order valence-corrected chi connectivity index (χ3v) is 6.81. The summed E-state index contributed by atoms with van der Waals surface area (Å²) in [6.45, 7) is 6.54. The number of Topliss-reactive ketones (excluding diaryl/α,β-unsaturated/α-hetero) is 1. The highest BCUT2D eigenvalue weighted by Crippen LogP contribution is 2.31. The first-order chi connectivity index (χ1) is 13.0. The lowest BCUT2D eigenvalue weighted by atomic mass is 9.94. The lowest BCUT2D eigenvalue weighted by Crippen LogP contribution is -2.24. The topological polar surface area (TPSA) is 39.1 Å². The first-order valence-electron chi connectivity index (χ1n) is 9.52. The summed E-state index contributed by atoms with van der Waals surface area (Å²) in [6, 6.07) is 18.7. The molecule has 142 valence electrons. The number of carbonyl (C=O) groups is 1. The molecule has 0 spiro atoms. The SMILES string of the molecule is CCS(=O)C(C)C(=O)CC(C)c1cn(Cc2ccccc2)c2ccccc12. The molecule has 3 nitrogen and oxygen atoms in total. The van der Waals surface area contributed by atoms with Crippen molar-refractivity contribution in [2.75, 3.05) is 5.75 Å². The number of carbonyl (C=O) groups excluding carboxylic acids is 1. The van der Waals surface area contributed by atoms with Crippen molar-refractivity contribution in [1.82, 2.24) is 4.57 Å². The highest BCUT2D eigenvalue weighted by atomic mass is 32.2. The number of para-hydroxylation sites is 1. The second-order valence-corrected chi connectivity index (χ2v) is 9.14. The molecule has 3 atom stereocenters. The molecule has 3 rings (SSSR count). The number of nitrogens with zero attached hydrogens (tertiary/aromatic N) is 1. The van der Waals surface area contributed by atoms with Gasteiger partial charge < -0.3 is 4.57 Å². The molecule has 0 bridgehead atoms. The summed E-state index contributed by atoms with van der Waals surface area (Å²) in [5.74, 6) is 0.704. The maximum atomic E-state index is 12.6. The van der Waals surface area contributed by atoms with E-state index in [1.54, 1.807) is 6.92 Å². The average Bonchev–Trinajstić information content (AvgIpc) is 3.06. The van der Waals surface area contributed by atoms with Crippen molar-refractivity contribution in [1.29, 1.82) is 0 Å². The van der Waals surface area contributed by atoms with Crippen LogP contribution in [0.1, 0.15) is 44.2 Å². The molecule has 0 aliphatic heterocycles. The molecule has 1 heterocycles. The van der Waals surface area contributed by atoms with E-state index in [2.05, 4.69) is 60.2 Å². The summed E-state index contributed by atoms with van der Waals surface area (Å²) in [4.78, 5) is 12.6. The second kappa shape index (κ2) is 8.66. The summed E-state index contributed by atoms with van der Waals surface area (Å²) >= 11 is 0. The van der Waals surface area contributed by atoms with Crippen molar-refractivity contribution in [3.63, 3.8) is 0 Å². The van der Waals surface area contributed by atoms with E-state index in [1.165, 1.54) is 22.0 Å². The second-order valence-electron chi connectivity index (χ2n) is 7.10. The number of benzene rings is 2. The molecular weight excluding hydrogens is 354 g/mol. The fourth-order valence-electron chi connectivity index (χ4n) is 3.55. The monoisotopic (exact) mass is 381 g/mol. The lowest BCUT2D eigenvalue weighted by molar-refractivity contribution is -0.118. The van der Waals surface area contributed by atoms with Crippen molar-refractivity contribution in [2.45, 2.75) is 44.9 Å². The molecule has 0 saturated carbocycles. The van der Waals surface area contributed by atoms with Gasteiger partial charge in [-0.15, -0.1) is 0 Å². The van der Waals surface area contributed by atoms with E-state index in [4.69, 9.17) is 0 Å². The van der Waals surface area contributed by atoms with Gasteiger partial charge in [-0.3, -0.25) is 9.00 Å². The number of aromatic nitrogens is 1. The molecule has 1 aromatic heterocycles. The standard InChI is InChI=1S/C23H27NO2S/c1-4-27(26)18(3)23(25)14-17(2)21-16-24(15-19-10-6-5-7-11-19)22-13-9-8-12-20(21)22/h5-13,16-18H,4,14-15H2,1-3H3. The molecule has 27 heavy (non-hydrogen) atoms. The molecule has 0 saturated heterocycles. The number of hydrogen-bond donors (Lipinski definition) is 0. The van der Waals surface area contributed by atoms with Crippen LogP contribution in [0.15, 0.2) is 60.8 Å². The minimum Gasteiger partial charge on any atom is -0.343 e. The number of fused-ring (bicyclic) bond motifs is 1. The van der Waals surface area contributed by atoms with Crippen LogP contribution < -0.4 is 0 Å². The zero-order valence-electron chi connectivity index (χ0n) is 16.2. The Morgan fingerprint density at radius 2 is 1.70 bits per heavy atom. The van der Waals surface area contributed by atoms with Gasteiger partial charge in [-0.2, -0.15) is 0 Å². The van der Waals surface area contributed by atoms with Crippen LogP contribution >= 0.6 is 0 Å². The van der Waals surface area contributed by atoms with E-state index >= 15 is 0 Å². The van der Waals surface area contributed by atoms with Crippen LogP contribution in [0.2, 0.25) is 0 Å². The molecule has 0 aliphatic carbocycles. The molecule has 3 aromatic rings. The Labute approximate surface area is 163 Å². The van der Waals surface area contributed by atoms with Crippen molar-refractivity contribution in [3.05, 3.63) is 71.9 Å². The van der Waals surface area contributed by atoms with Crippen molar-refractivity contribution in [2.24, 2.45) is 0 Å². The van der Waals surface area contributed by atoms with Crippen LogP contribution in [0, 0.1) is 0 Å². The van der Waals surface area contributed by atoms with E-state index in [0.717, 1.165) is 6.54 Å². The van der Waals surface area contributed by atoms with Gasteiger partial charge in [0.05, 0.1) is 5.25 Å². The van der Waals surface area contributed by atoms with Gasteiger partial charge in [0.25, 0.3) is 0 Å². The normalized spacial score (nSPS) is 14.8. The molecule has 2 aromatic carbocycles. The Bertz CT molecular complexity index is 945. The van der Waals surface area contributed by atoms with Gasteiger partial charge in [0.2, 0.25) is 0 Å². The zero-order chi connectivity index (χ0) is 19.4. The summed E-state index contributed by atoms with van der Waals surface area (Å²) < 4.78 is 14.2. The van der Waals surface area contributed by atoms with Crippen molar-refractivity contribution in [3.8, 4) is 0 Å². The van der Waals surface area contributed by atoms with Gasteiger partial charge in [-0.25, -0.2) is 0 Å². The Balaban J connectivity index is 1.88. The third-order valence-electron chi connectivity index (χ3n) is 5.19. The van der Waals surface area contributed by atoms with Crippen LogP contribution in [-0.4, -0.2) is 25.6 Å². The predicted octanol–water partition coefficient (Wildman–Crippen LogP) is 4.91. The summed E-state index contributed by atoms with van der Waals surface area (Å²) in [6.07, 6.45) is 2.60. The highest BCUT2D eigenvalue weighted by Gasteiger charge is 2.23. The van der Waals surface area contributed by atoms with Crippen LogP contribution in [0.25, 0.3) is 10.9 Å². The number of rotatable bonds is 8. The van der Waals surface area contributed by atoms with Crippen LogP contribution in [0.5, 0.6) is 0 Å². The quantitative estimate of drug-likeness (QED) is 0.556. The fraction of sp³-hybridized carbons (Fsp3) is 0.348. The van der Waals surface area contributed by atoms with Gasteiger partial charge in [-0.05, 0) is 30.0 Å². The maximum Gasteiger partial charge on any atom is 0.148 e. The first kappa shape index (κ1) is 19.6. The first-order valence-corrected chi connectivity index (χ1v) is 10.9. The predicted molar refractivity (Wildman–Crippen MR) is 114 cm³/mol. The van der Waals surface area contributed by atoms with Crippen LogP contribution in [-0.2, 0) is 22.1 Å². The molecule has 0 fully saturated rings. The van der Waals surface area contributed by atoms with E-state index in [1.807, 2.05) is 19.1 Å². The van der Waals surface area contributed by atoms with Gasteiger partial charge in [-0.1, -0.05) is 62.4 Å². The minimum absolute atomic E-state index is 0.0857. The number of ketones is 1. The van der Waals surface area contributed by atoms with Crippen molar-refractivity contribution >= 4 is 27.5 Å². The lowest BCUT2D eigenvalue weighted by Gasteiger charge is -2.14. The molecular formula is C23H27NO2S. The van der Waals surface area contributed by atoms with Gasteiger partial charge in [0, 0.05) is 46.6 Å². The zero-order valence-corrected chi connectivity index (χ0v) is 17.0. The fourth-order valence-corrected chi connectivity index (χ4v) is 4.44. The molecule has 0 radical (unpaired) electrons. The van der Waals surface area contributed by atoms with E-state index < -0.39 is 16.0 Å². The van der Waals surface area contributed by atoms with Crippen molar-refractivity contribution < 1.29 is 9.00 Å². The molecule has 4 heteroatoms. The Morgan fingerprint density at radius 3 is 2.41 bits per heavy atom. The maximum absolute atomic E-state index is 12.6. The molecule has 0 amide bonds. The summed E-state index contributed by atoms with van der Waals surface area (Å²) in [5, 5.41) is 0.799. The van der Waals surface area contributed by atoms with E-state index in [0.29, 0.717) is 12.2 Å². The average molecular weight is 382 g/mol. The Hall–Kier alpha value is -2.20. The Kier molecular flexibility index (Phi) is 6.27. The van der Waals surface area contributed by atoms with E-state index in [9.17, 15) is 9.00 Å². The third kappa shape index (κ3) is 4.38. The van der Waals surface area contributed by atoms with Gasteiger partial charge in [0.1, 0.15) is 5.78 Å². The van der Waals surface area contributed by atoms with Crippen LogP contribution in [0.4, 0.5) is 0 Å². The van der Waals surface area contributed by atoms with Gasteiger partial charge >= 0.3 is 0 Å². The molecule has 0 aliphatic rings. The minimum atomic E-state index is -1.08. The number of hydrogen-bond acceptors (Lipinski definition) is 2. The highest BCUT2D eigenvalue weighted by molar-refractivity contribution is 7.86. The largest absolute Gasteiger partial charge is 0.343 e. The molecule has 0 N–H and O–H groups in total. The summed E-state index contributed by atoms with van der Waals surface area (Å²) in [7, 11) is -1.08. The smallest absolute Gasteiger partial charge is 0.148 e.